The van der Waals surface area contributed by atoms with Crippen molar-refractivity contribution in [3.63, 3.8) is 0 Å². The quantitative estimate of drug-likeness (QED) is 0.126. The van der Waals surface area contributed by atoms with E-state index in [1.807, 2.05) is 32.9 Å². The lowest BCUT2D eigenvalue weighted by Gasteiger charge is -2.40. The van der Waals surface area contributed by atoms with E-state index in [0.717, 1.165) is 19.3 Å². The van der Waals surface area contributed by atoms with Gasteiger partial charge in [-0.2, -0.15) is 0 Å². The zero-order valence-electron chi connectivity index (χ0n) is 31.9. The maximum Gasteiger partial charge on any atom is 0.315 e. The Balaban J connectivity index is 1.62. The first kappa shape index (κ1) is 41.5. The first-order chi connectivity index (χ1) is 24.8. The molecule has 2 heterocycles. The van der Waals surface area contributed by atoms with Crippen molar-refractivity contribution in [1.82, 2.24) is 31.2 Å². The minimum absolute atomic E-state index is 0.0687. The highest BCUT2D eigenvalue weighted by molar-refractivity contribution is 7.91. The first-order valence-corrected chi connectivity index (χ1v) is 20.2. The van der Waals surface area contributed by atoms with Crippen LogP contribution < -0.4 is 21.3 Å². The molecule has 3 aliphatic rings. The van der Waals surface area contributed by atoms with Gasteiger partial charge in [-0.15, -0.1) is 12.3 Å². The number of pyridine rings is 1. The van der Waals surface area contributed by atoms with Gasteiger partial charge in [0.2, 0.25) is 17.6 Å². The third-order valence-electron chi connectivity index (χ3n) is 10.9. The maximum absolute atomic E-state index is 14.8. The van der Waals surface area contributed by atoms with Crippen LogP contribution in [0.1, 0.15) is 92.9 Å². The van der Waals surface area contributed by atoms with E-state index in [4.69, 9.17) is 0 Å². The highest BCUT2D eigenvalue weighted by Crippen LogP contribution is 2.53. The van der Waals surface area contributed by atoms with E-state index in [-0.39, 0.29) is 36.7 Å². The normalized spacial score (nSPS) is 22.8. The average molecular weight is 753 g/mol. The topological polar surface area (TPSA) is 184 Å². The molecule has 1 saturated heterocycles. The second-order valence-electron chi connectivity index (χ2n) is 16.4. The first-order valence-electron chi connectivity index (χ1n) is 18.5. The summed E-state index contributed by atoms with van der Waals surface area (Å²) < 4.78 is 27.0. The SMILES string of the molecule is C=CCNC(=O)C(=O)C(CCC)NC(=O)[C@@H]1CC2(C=C=CC2(C)C)CN1C(=O)[C@@H](NC(=O)NC1(CS(=O)(=O)c2ccccn2)CCCCC1)C(C)(C)C. The fourth-order valence-corrected chi connectivity index (χ4v) is 9.41. The van der Waals surface area contributed by atoms with Crippen LogP contribution in [0.4, 0.5) is 4.79 Å². The molecule has 13 nitrogen and oxygen atoms in total. The fraction of sp³-hybridized carbons (Fsp3) is 0.615. The smallest absolute Gasteiger partial charge is 0.315 e. The second kappa shape index (κ2) is 16.4. The summed E-state index contributed by atoms with van der Waals surface area (Å²) in [5.41, 5.74) is 0.133. The molecule has 4 rings (SSSR count). The molecule has 2 aliphatic carbocycles. The third-order valence-corrected chi connectivity index (χ3v) is 12.7. The standard InChI is InChI=1S/C39H56N6O7S/c1-8-16-27(30(46)33(48)41-22-9-2)42-32(47)28-24-38(19-15-18-37(38,6)7)25-45(28)34(49)31(36(3,4)5)43-35(50)44-39(20-12-10-13-21-39)26-53(51,52)29-17-11-14-23-40-29/h9,11,14,17-19,23,27-28,31H,2,8,10,12-13,16,20-22,24-26H2,1,3-7H3,(H,41,48)(H,42,47)(H2,43,44,50)/t27?,28-,31+,38?/m0/s1. The number of rotatable bonds is 14. The molecule has 5 amide bonds. The van der Waals surface area contributed by atoms with Crippen molar-refractivity contribution in [2.75, 3.05) is 18.8 Å². The lowest BCUT2D eigenvalue weighted by Crippen LogP contribution is -2.63. The predicted octanol–water partition coefficient (Wildman–Crippen LogP) is 3.77. The van der Waals surface area contributed by atoms with Crippen molar-refractivity contribution in [2.24, 2.45) is 16.2 Å². The van der Waals surface area contributed by atoms with Crippen molar-refractivity contribution in [1.29, 1.82) is 0 Å². The fourth-order valence-electron chi connectivity index (χ4n) is 7.67. The Labute approximate surface area is 313 Å². The van der Waals surface area contributed by atoms with Crippen molar-refractivity contribution in [3.05, 3.63) is 54.9 Å². The van der Waals surface area contributed by atoms with Gasteiger partial charge in [-0.25, -0.2) is 18.2 Å². The zero-order chi connectivity index (χ0) is 39.2. The number of likely N-dealkylation sites (tertiary alicyclic amines) is 1. The average Bonchev–Trinajstić information content (AvgIpc) is 3.63. The minimum atomic E-state index is -3.86. The van der Waals surface area contributed by atoms with Gasteiger partial charge in [0.25, 0.3) is 5.91 Å². The molecule has 14 heteroatoms. The highest BCUT2D eigenvalue weighted by atomic mass is 32.2. The van der Waals surface area contributed by atoms with E-state index in [0.29, 0.717) is 19.3 Å². The number of amides is 5. The number of sulfone groups is 1. The Morgan fingerprint density at radius 3 is 2.34 bits per heavy atom. The summed E-state index contributed by atoms with van der Waals surface area (Å²) in [6, 6.07) is 0.724. The molecule has 2 fully saturated rings. The number of Topliss-reactive ketones (excluding diaryl/α,β-unsaturated/α-hetero) is 1. The summed E-state index contributed by atoms with van der Waals surface area (Å²) in [4.78, 5) is 74.1. The Morgan fingerprint density at radius 1 is 1.08 bits per heavy atom. The largest absolute Gasteiger partial charge is 0.346 e. The van der Waals surface area contributed by atoms with Crippen LogP contribution in [0.5, 0.6) is 0 Å². The lowest BCUT2D eigenvalue weighted by molar-refractivity contribution is -0.143. The van der Waals surface area contributed by atoms with E-state index in [9.17, 15) is 32.4 Å². The molecular weight excluding hydrogens is 697 g/mol. The van der Waals surface area contributed by atoms with Gasteiger partial charge in [-0.1, -0.05) is 79.4 Å². The van der Waals surface area contributed by atoms with Crippen LogP contribution in [0.2, 0.25) is 0 Å². The molecule has 1 aliphatic heterocycles. The van der Waals surface area contributed by atoms with E-state index < -0.39 is 79.3 Å². The van der Waals surface area contributed by atoms with Crippen molar-refractivity contribution >= 4 is 39.4 Å². The molecule has 0 bridgehead atoms. The van der Waals surface area contributed by atoms with Crippen molar-refractivity contribution in [2.45, 2.75) is 122 Å². The van der Waals surface area contributed by atoms with Gasteiger partial charge < -0.3 is 26.2 Å². The van der Waals surface area contributed by atoms with Gasteiger partial charge in [0.1, 0.15) is 12.1 Å². The number of aromatic nitrogens is 1. The van der Waals surface area contributed by atoms with Gasteiger partial charge in [-0.3, -0.25) is 19.2 Å². The number of hydrogen-bond acceptors (Lipinski definition) is 8. The summed E-state index contributed by atoms with van der Waals surface area (Å²) in [6.07, 6.45) is 10.9. The van der Waals surface area contributed by atoms with Crippen LogP contribution in [-0.2, 0) is 29.0 Å². The lowest BCUT2D eigenvalue weighted by atomic mass is 9.66. The monoisotopic (exact) mass is 752 g/mol. The molecule has 2 unspecified atom stereocenters. The number of carbonyl (C=O) groups excluding carboxylic acids is 5. The van der Waals surface area contributed by atoms with E-state index in [1.165, 1.54) is 23.2 Å². The van der Waals surface area contributed by atoms with Crippen LogP contribution in [0.15, 0.2) is 60.0 Å². The van der Waals surface area contributed by atoms with Crippen LogP contribution in [0.25, 0.3) is 0 Å². The van der Waals surface area contributed by atoms with Crippen molar-refractivity contribution in [3.8, 4) is 0 Å². The van der Waals surface area contributed by atoms with Gasteiger partial charge in [0, 0.05) is 30.1 Å². The van der Waals surface area contributed by atoms with Gasteiger partial charge in [-0.05, 0) is 55.4 Å². The molecule has 1 aromatic rings. The molecule has 1 aromatic heterocycles. The summed E-state index contributed by atoms with van der Waals surface area (Å²) in [5.74, 6) is -3.04. The Kier molecular flexibility index (Phi) is 12.8. The summed E-state index contributed by atoms with van der Waals surface area (Å²) in [7, 11) is -3.86. The van der Waals surface area contributed by atoms with Crippen LogP contribution >= 0.6 is 0 Å². The Morgan fingerprint density at radius 2 is 1.77 bits per heavy atom. The number of ketones is 1. The number of hydrogen-bond donors (Lipinski definition) is 4. The molecule has 0 aromatic carbocycles. The molecule has 290 valence electrons. The van der Waals surface area contributed by atoms with E-state index >= 15 is 0 Å². The van der Waals surface area contributed by atoms with Crippen LogP contribution in [-0.4, -0.2) is 90.3 Å². The second-order valence-corrected chi connectivity index (χ2v) is 18.3. The Bertz CT molecular complexity index is 1740. The van der Waals surface area contributed by atoms with Crippen molar-refractivity contribution < 1.29 is 32.4 Å². The zero-order valence-corrected chi connectivity index (χ0v) is 32.7. The molecule has 53 heavy (non-hydrogen) atoms. The van der Waals surface area contributed by atoms with Crippen LogP contribution in [0, 0.1) is 16.2 Å². The Hall–Kier alpha value is -4.29. The molecular formula is C39H56N6O7S. The molecule has 1 saturated carbocycles. The highest BCUT2D eigenvalue weighted by Gasteiger charge is 2.57. The summed E-state index contributed by atoms with van der Waals surface area (Å²) >= 11 is 0. The molecule has 4 atom stereocenters. The number of urea groups is 1. The van der Waals surface area contributed by atoms with Gasteiger partial charge in [0.05, 0.1) is 17.3 Å². The van der Waals surface area contributed by atoms with Crippen LogP contribution in [0.3, 0.4) is 0 Å². The number of carbonyl (C=O) groups is 5. The maximum atomic E-state index is 14.8. The minimum Gasteiger partial charge on any atom is -0.346 e. The number of nitrogens with zero attached hydrogens (tertiary/aromatic N) is 2. The van der Waals surface area contributed by atoms with Gasteiger partial charge >= 0.3 is 6.03 Å². The van der Waals surface area contributed by atoms with E-state index in [1.54, 1.807) is 32.9 Å². The van der Waals surface area contributed by atoms with Gasteiger partial charge in [0.15, 0.2) is 14.9 Å². The molecule has 1 spiro atoms. The number of nitrogens with one attached hydrogen (secondary N) is 4. The third kappa shape index (κ3) is 9.45. The summed E-state index contributed by atoms with van der Waals surface area (Å²) in [5, 5.41) is 11.0. The predicted molar refractivity (Wildman–Crippen MR) is 201 cm³/mol. The molecule has 0 radical (unpaired) electrons. The molecule has 4 N–H and O–H groups in total. The summed E-state index contributed by atoms with van der Waals surface area (Å²) in [6.45, 7) is 15.1. The van der Waals surface area contributed by atoms with E-state index in [2.05, 4.69) is 38.6 Å².